The van der Waals surface area contributed by atoms with Crippen LogP contribution in [-0.2, 0) is 0 Å². The molecule has 1 aliphatic carbocycles. The third kappa shape index (κ3) is 4.22. The summed E-state index contributed by atoms with van der Waals surface area (Å²) >= 11 is 6.65. The molecule has 5 aromatic rings. The van der Waals surface area contributed by atoms with Gasteiger partial charge in [0.25, 0.3) is 0 Å². The number of fused-ring (bicyclic) bond motifs is 2. The van der Waals surface area contributed by atoms with Crippen LogP contribution in [0.1, 0.15) is 24.6 Å². The number of benzene rings is 1. The van der Waals surface area contributed by atoms with Crippen molar-refractivity contribution in [3.05, 3.63) is 78.1 Å². The smallest absolute Gasteiger partial charge is 0.156 e. The lowest BCUT2D eigenvalue weighted by atomic mass is 9.74. The maximum absolute atomic E-state index is 6.65. The van der Waals surface area contributed by atoms with Crippen molar-refractivity contribution >= 4 is 39.5 Å². The molecule has 4 aromatic heterocycles. The lowest BCUT2D eigenvalue weighted by Gasteiger charge is -2.36. The van der Waals surface area contributed by atoms with Crippen LogP contribution in [0.5, 0.6) is 0 Å². The molecule has 1 aliphatic rings. The Hall–Kier alpha value is -3.55. The van der Waals surface area contributed by atoms with E-state index in [9.17, 15) is 0 Å². The van der Waals surface area contributed by atoms with Gasteiger partial charge in [0, 0.05) is 36.4 Å². The quantitative estimate of drug-likeness (QED) is 0.329. The van der Waals surface area contributed by atoms with Gasteiger partial charge in [0.15, 0.2) is 5.82 Å². The summed E-state index contributed by atoms with van der Waals surface area (Å²) in [5.41, 5.74) is 4.18. The van der Waals surface area contributed by atoms with E-state index in [2.05, 4.69) is 38.7 Å². The van der Waals surface area contributed by atoms with Gasteiger partial charge in [-0.15, -0.1) is 0 Å². The number of pyridine rings is 2. The average Bonchev–Trinajstić information content (AvgIpc) is 3.26. The van der Waals surface area contributed by atoms with E-state index in [0.29, 0.717) is 10.9 Å². The molecule has 1 saturated carbocycles. The number of halogens is 1. The molecule has 0 atom stereocenters. The normalized spacial score (nSPS) is 17.7. The highest BCUT2D eigenvalue weighted by atomic mass is 35.5. The molecule has 0 amide bonds. The third-order valence-electron chi connectivity index (χ3n) is 6.67. The fourth-order valence-electron chi connectivity index (χ4n) is 4.98. The average molecular weight is 484 g/mol. The summed E-state index contributed by atoms with van der Waals surface area (Å²) in [7, 11) is 4.27. The Morgan fingerprint density at radius 3 is 2.71 bits per heavy atom. The second-order valence-corrected chi connectivity index (χ2v) is 9.91. The van der Waals surface area contributed by atoms with Gasteiger partial charge < -0.3 is 10.2 Å². The fourth-order valence-corrected chi connectivity index (χ4v) is 5.20. The Kier molecular flexibility index (Phi) is 5.59. The van der Waals surface area contributed by atoms with Gasteiger partial charge in [-0.3, -0.25) is 9.38 Å². The second kappa shape index (κ2) is 8.91. The Morgan fingerprint density at radius 2 is 1.91 bits per heavy atom. The first kappa shape index (κ1) is 21.9. The highest BCUT2D eigenvalue weighted by molar-refractivity contribution is 6.34. The number of hydrogen-bond donors (Lipinski definition) is 1. The number of hydrogen-bond acceptors (Lipinski definition) is 6. The molecule has 0 aliphatic heterocycles. The summed E-state index contributed by atoms with van der Waals surface area (Å²) in [5.74, 6) is 3.04. The predicted molar refractivity (Wildman–Crippen MR) is 140 cm³/mol. The molecule has 8 heteroatoms. The van der Waals surface area contributed by atoms with E-state index in [4.69, 9.17) is 21.6 Å². The molecule has 7 nitrogen and oxygen atoms in total. The van der Waals surface area contributed by atoms with Crippen LogP contribution in [-0.4, -0.2) is 49.9 Å². The fraction of sp³-hybridized carbons (Fsp3) is 0.259. The van der Waals surface area contributed by atoms with E-state index in [0.717, 1.165) is 57.6 Å². The van der Waals surface area contributed by atoms with Crippen LogP contribution in [0.2, 0.25) is 5.02 Å². The van der Waals surface area contributed by atoms with Crippen molar-refractivity contribution in [3.63, 3.8) is 0 Å². The molecule has 35 heavy (non-hydrogen) atoms. The summed E-state index contributed by atoms with van der Waals surface area (Å²) in [6, 6.07) is 13.7. The zero-order valence-electron chi connectivity index (χ0n) is 19.7. The van der Waals surface area contributed by atoms with E-state index in [1.54, 1.807) is 6.20 Å². The third-order valence-corrected chi connectivity index (χ3v) is 6.98. The van der Waals surface area contributed by atoms with Crippen LogP contribution in [0.4, 0.5) is 11.5 Å². The van der Waals surface area contributed by atoms with Crippen molar-refractivity contribution in [2.45, 2.75) is 18.8 Å². The molecule has 176 valence electrons. The van der Waals surface area contributed by atoms with Gasteiger partial charge in [-0.25, -0.2) is 15.0 Å². The Balaban J connectivity index is 1.30. The topological polar surface area (TPSA) is 71.2 Å². The lowest BCUT2D eigenvalue weighted by Crippen LogP contribution is -2.32. The standard InChI is InChI=1S/C27H26ClN7/c1-34(2)16-17-11-19(12-17)27-31-15-25-26(30-9-10-35(25)27)33-24-14-23-18(13-20(24)28)6-7-22(32-23)21-5-3-4-8-29-21/h3-10,13-15,17,19H,11-12,16H2,1-2H3,(H,30,33). The van der Waals surface area contributed by atoms with Crippen molar-refractivity contribution in [3.8, 4) is 11.4 Å². The molecule has 0 unspecified atom stereocenters. The number of imidazole rings is 1. The van der Waals surface area contributed by atoms with Crippen LogP contribution in [0.15, 0.2) is 67.3 Å². The van der Waals surface area contributed by atoms with Gasteiger partial charge in [-0.05, 0) is 63.2 Å². The minimum absolute atomic E-state index is 0.483. The molecular weight excluding hydrogens is 458 g/mol. The summed E-state index contributed by atoms with van der Waals surface area (Å²) < 4.78 is 2.15. The van der Waals surface area contributed by atoms with Gasteiger partial charge in [0.2, 0.25) is 0 Å². The first-order chi connectivity index (χ1) is 17.0. The Bertz CT molecular complexity index is 1510. The largest absolute Gasteiger partial charge is 0.337 e. The molecule has 1 N–H and O–H groups in total. The van der Waals surface area contributed by atoms with Crippen molar-refractivity contribution in [1.82, 2.24) is 29.2 Å². The van der Waals surface area contributed by atoms with Crippen LogP contribution >= 0.6 is 11.6 Å². The Morgan fingerprint density at radius 1 is 1.03 bits per heavy atom. The molecule has 0 saturated heterocycles. The van der Waals surface area contributed by atoms with Crippen LogP contribution in [0.3, 0.4) is 0 Å². The van der Waals surface area contributed by atoms with Crippen molar-refractivity contribution in [2.24, 2.45) is 5.92 Å². The zero-order chi connectivity index (χ0) is 23.9. The summed E-state index contributed by atoms with van der Waals surface area (Å²) in [4.78, 5) is 20.9. The molecule has 1 fully saturated rings. The van der Waals surface area contributed by atoms with Gasteiger partial charge >= 0.3 is 0 Å². The number of nitrogens with zero attached hydrogens (tertiary/aromatic N) is 6. The highest BCUT2D eigenvalue weighted by Crippen LogP contribution is 2.42. The first-order valence-corrected chi connectivity index (χ1v) is 12.2. The number of nitrogens with one attached hydrogen (secondary N) is 1. The molecule has 0 spiro atoms. The first-order valence-electron chi connectivity index (χ1n) is 11.8. The van der Waals surface area contributed by atoms with Gasteiger partial charge in [0.1, 0.15) is 11.3 Å². The van der Waals surface area contributed by atoms with Crippen LogP contribution < -0.4 is 5.32 Å². The minimum Gasteiger partial charge on any atom is -0.337 e. The van der Waals surface area contributed by atoms with E-state index in [1.165, 1.54) is 12.8 Å². The molecular formula is C27H26ClN7. The molecule has 6 rings (SSSR count). The number of aromatic nitrogens is 5. The van der Waals surface area contributed by atoms with Gasteiger partial charge in [-0.1, -0.05) is 23.7 Å². The summed E-state index contributed by atoms with van der Waals surface area (Å²) in [6.45, 7) is 1.13. The van der Waals surface area contributed by atoms with Crippen LogP contribution in [0, 0.1) is 5.92 Å². The maximum atomic E-state index is 6.65. The zero-order valence-corrected chi connectivity index (χ0v) is 20.4. The molecule has 1 aromatic carbocycles. The number of rotatable bonds is 6. The van der Waals surface area contributed by atoms with Crippen molar-refractivity contribution < 1.29 is 0 Å². The molecule has 0 radical (unpaired) electrons. The highest BCUT2D eigenvalue weighted by Gasteiger charge is 2.33. The van der Waals surface area contributed by atoms with Gasteiger partial charge in [0.05, 0.1) is 33.8 Å². The van der Waals surface area contributed by atoms with E-state index < -0.39 is 0 Å². The lowest BCUT2D eigenvalue weighted by molar-refractivity contribution is 0.194. The maximum Gasteiger partial charge on any atom is 0.156 e. The molecule has 4 heterocycles. The van der Waals surface area contributed by atoms with Crippen LogP contribution in [0.25, 0.3) is 27.8 Å². The SMILES string of the molecule is CN(C)CC1CC(c2ncc3c(Nc4cc5nc(-c6ccccn6)ccc5cc4Cl)nccn23)C1. The predicted octanol–water partition coefficient (Wildman–Crippen LogP) is 5.79. The van der Waals surface area contributed by atoms with Gasteiger partial charge in [-0.2, -0.15) is 0 Å². The Labute approximate surface area is 208 Å². The van der Waals surface area contributed by atoms with Crippen molar-refractivity contribution in [1.29, 1.82) is 0 Å². The summed E-state index contributed by atoms with van der Waals surface area (Å²) in [6.07, 6.45) is 9.81. The van der Waals surface area contributed by atoms with E-state index in [1.807, 2.05) is 61.1 Å². The van der Waals surface area contributed by atoms with E-state index in [-0.39, 0.29) is 0 Å². The number of anilines is 2. The minimum atomic E-state index is 0.483. The molecule has 0 bridgehead atoms. The summed E-state index contributed by atoms with van der Waals surface area (Å²) in [5, 5.41) is 5.00. The monoisotopic (exact) mass is 483 g/mol. The second-order valence-electron chi connectivity index (χ2n) is 9.51. The van der Waals surface area contributed by atoms with Crippen molar-refractivity contribution in [2.75, 3.05) is 26.0 Å². The van der Waals surface area contributed by atoms with E-state index >= 15 is 0 Å².